The minimum Gasteiger partial charge on any atom is -0.505 e. The largest absolute Gasteiger partial charge is 0.505 e. The second-order valence-corrected chi connectivity index (χ2v) is 3.28. The molecule has 0 saturated heterocycles. The van der Waals surface area contributed by atoms with Crippen LogP contribution in [0.5, 0.6) is 11.5 Å². The molecule has 0 aromatic heterocycles. The van der Waals surface area contributed by atoms with Crippen LogP contribution in [-0.2, 0) is 0 Å². The van der Waals surface area contributed by atoms with Gasteiger partial charge in [0.05, 0.1) is 16.2 Å². The van der Waals surface area contributed by atoms with E-state index in [0.717, 1.165) is 0 Å². The molecule has 0 amide bonds. The lowest BCUT2D eigenvalue weighted by molar-refractivity contribution is 0.411. The number of nitrogens with zero attached hydrogens (tertiary/aromatic N) is 1. The third-order valence-electron chi connectivity index (χ3n) is 1.39. The highest BCUT2D eigenvalue weighted by atomic mass is 127. The van der Waals surface area contributed by atoms with Gasteiger partial charge in [-0.1, -0.05) is 0 Å². The summed E-state index contributed by atoms with van der Waals surface area (Å²) in [6.45, 7) is 0. The molecule has 0 atom stereocenters. The molecule has 0 fully saturated rings. The van der Waals surface area contributed by atoms with Crippen LogP contribution in [0, 0.1) is 14.9 Å². The lowest BCUT2D eigenvalue weighted by atomic mass is 10.2. The summed E-state index contributed by atoms with van der Waals surface area (Å²) in [5.41, 5.74) is 0.235. The van der Waals surface area contributed by atoms with Crippen molar-refractivity contribution < 1.29 is 9.84 Å². The maximum atomic E-state index is 9.33. The smallest absolute Gasteiger partial charge is 0.146 e. The van der Waals surface area contributed by atoms with E-state index in [9.17, 15) is 5.11 Å². The Morgan fingerprint density at radius 1 is 1.58 bits per heavy atom. The quantitative estimate of drug-likeness (QED) is 0.796. The van der Waals surface area contributed by atoms with Crippen molar-refractivity contribution >= 4 is 22.6 Å². The summed E-state index contributed by atoms with van der Waals surface area (Å²) in [7, 11) is 1.52. The van der Waals surface area contributed by atoms with Gasteiger partial charge in [-0.25, -0.2) is 0 Å². The van der Waals surface area contributed by atoms with E-state index in [1.54, 1.807) is 6.07 Å². The molecule has 0 unspecified atom stereocenters. The first-order chi connectivity index (χ1) is 5.69. The van der Waals surface area contributed by atoms with E-state index >= 15 is 0 Å². The standard InChI is InChI=1S/C8H6INO2/c1-12-6-2-5(4-10)8(11)7(9)3-6/h2-3,11H,1H3. The van der Waals surface area contributed by atoms with E-state index in [2.05, 4.69) is 0 Å². The molecule has 4 heteroatoms. The molecule has 0 saturated carbocycles. The van der Waals surface area contributed by atoms with Crippen molar-refractivity contribution in [2.45, 2.75) is 0 Å². The van der Waals surface area contributed by atoms with Gasteiger partial charge in [-0.05, 0) is 28.7 Å². The van der Waals surface area contributed by atoms with Crippen LogP contribution in [0.1, 0.15) is 5.56 Å². The predicted molar refractivity (Wildman–Crippen MR) is 52.1 cm³/mol. The highest BCUT2D eigenvalue weighted by Crippen LogP contribution is 2.28. The van der Waals surface area contributed by atoms with Crippen LogP contribution in [0.25, 0.3) is 0 Å². The minimum absolute atomic E-state index is 0.0129. The number of benzene rings is 1. The van der Waals surface area contributed by atoms with Gasteiger partial charge in [0.25, 0.3) is 0 Å². The number of phenols is 1. The van der Waals surface area contributed by atoms with Crippen LogP contribution in [0.4, 0.5) is 0 Å². The average Bonchev–Trinajstić information content (AvgIpc) is 2.09. The molecule has 62 valence electrons. The van der Waals surface area contributed by atoms with Gasteiger partial charge in [-0.2, -0.15) is 5.26 Å². The van der Waals surface area contributed by atoms with Crippen molar-refractivity contribution in [1.82, 2.24) is 0 Å². The van der Waals surface area contributed by atoms with E-state index in [-0.39, 0.29) is 11.3 Å². The summed E-state index contributed by atoms with van der Waals surface area (Å²) < 4.78 is 5.54. The molecule has 1 rings (SSSR count). The van der Waals surface area contributed by atoms with Crippen molar-refractivity contribution in [2.24, 2.45) is 0 Å². The summed E-state index contributed by atoms with van der Waals surface area (Å²) in [6, 6.07) is 5.04. The predicted octanol–water partition coefficient (Wildman–Crippen LogP) is 1.88. The van der Waals surface area contributed by atoms with Crippen molar-refractivity contribution in [3.05, 3.63) is 21.3 Å². The van der Waals surface area contributed by atoms with Gasteiger partial charge in [-0.15, -0.1) is 0 Å². The Labute approximate surface area is 83.7 Å². The summed E-state index contributed by atoms with van der Waals surface area (Å²) >= 11 is 1.94. The van der Waals surface area contributed by atoms with E-state index in [1.165, 1.54) is 13.2 Å². The third-order valence-corrected chi connectivity index (χ3v) is 2.22. The fourth-order valence-corrected chi connectivity index (χ4v) is 1.37. The van der Waals surface area contributed by atoms with Gasteiger partial charge in [0, 0.05) is 6.07 Å². The zero-order chi connectivity index (χ0) is 9.14. The number of ether oxygens (including phenoxy) is 1. The molecule has 1 N–H and O–H groups in total. The maximum Gasteiger partial charge on any atom is 0.146 e. The molecule has 0 heterocycles. The number of methoxy groups -OCH3 is 1. The Hall–Kier alpha value is -0.960. The first-order valence-electron chi connectivity index (χ1n) is 3.15. The average molecular weight is 275 g/mol. The SMILES string of the molecule is COc1cc(I)c(O)c(C#N)c1. The summed E-state index contributed by atoms with van der Waals surface area (Å²) in [5, 5.41) is 17.9. The second-order valence-electron chi connectivity index (χ2n) is 2.12. The molecule has 0 bridgehead atoms. The lowest BCUT2D eigenvalue weighted by Crippen LogP contribution is -1.87. The van der Waals surface area contributed by atoms with E-state index in [1.807, 2.05) is 28.7 Å². The number of hydrogen-bond acceptors (Lipinski definition) is 3. The Bertz CT molecular complexity index is 344. The maximum absolute atomic E-state index is 9.33. The van der Waals surface area contributed by atoms with Crippen LogP contribution in [0.2, 0.25) is 0 Å². The van der Waals surface area contributed by atoms with Crippen LogP contribution >= 0.6 is 22.6 Å². The molecular weight excluding hydrogens is 269 g/mol. The molecule has 1 aromatic carbocycles. The van der Waals surface area contributed by atoms with Crippen LogP contribution in [0.15, 0.2) is 12.1 Å². The van der Waals surface area contributed by atoms with E-state index < -0.39 is 0 Å². The monoisotopic (exact) mass is 275 g/mol. The molecule has 0 spiro atoms. The summed E-state index contributed by atoms with van der Waals surface area (Å²) in [6.07, 6.45) is 0. The molecule has 12 heavy (non-hydrogen) atoms. The molecule has 0 aliphatic heterocycles. The molecule has 0 aliphatic carbocycles. The van der Waals surface area contributed by atoms with E-state index in [4.69, 9.17) is 10.00 Å². The van der Waals surface area contributed by atoms with Gasteiger partial charge in [-0.3, -0.25) is 0 Å². The zero-order valence-corrected chi connectivity index (χ0v) is 8.49. The van der Waals surface area contributed by atoms with Crippen LogP contribution in [0.3, 0.4) is 0 Å². The number of hydrogen-bond donors (Lipinski definition) is 1. The number of phenolic OH excluding ortho intramolecular Hbond substituents is 1. The van der Waals surface area contributed by atoms with Crippen LogP contribution in [-0.4, -0.2) is 12.2 Å². The first-order valence-corrected chi connectivity index (χ1v) is 4.23. The molecule has 0 aliphatic rings. The number of nitriles is 1. The molecule has 1 aromatic rings. The van der Waals surface area contributed by atoms with Gasteiger partial charge in [0.1, 0.15) is 17.6 Å². The molecule has 0 radical (unpaired) electrons. The van der Waals surface area contributed by atoms with Crippen LogP contribution < -0.4 is 4.74 Å². The molecular formula is C8H6INO2. The Kier molecular flexibility index (Phi) is 2.76. The normalized spacial score (nSPS) is 9.08. The number of rotatable bonds is 1. The summed E-state index contributed by atoms with van der Waals surface area (Å²) in [4.78, 5) is 0. The Balaban J connectivity index is 3.31. The van der Waals surface area contributed by atoms with Crippen molar-refractivity contribution in [3.8, 4) is 17.6 Å². The van der Waals surface area contributed by atoms with Crippen molar-refractivity contribution in [2.75, 3.05) is 7.11 Å². The highest BCUT2D eigenvalue weighted by Gasteiger charge is 2.06. The van der Waals surface area contributed by atoms with Gasteiger partial charge >= 0.3 is 0 Å². The van der Waals surface area contributed by atoms with Gasteiger partial charge in [0.15, 0.2) is 0 Å². The highest BCUT2D eigenvalue weighted by molar-refractivity contribution is 14.1. The summed E-state index contributed by atoms with van der Waals surface area (Å²) in [5.74, 6) is 0.590. The van der Waals surface area contributed by atoms with Gasteiger partial charge < -0.3 is 9.84 Å². The number of aromatic hydroxyl groups is 1. The minimum atomic E-state index is 0.0129. The van der Waals surface area contributed by atoms with Crippen molar-refractivity contribution in [3.63, 3.8) is 0 Å². The topological polar surface area (TPSA) is 53.2 Å². The fourth-order valence-electron chi connectivity index (χ4n) is 0.777. The Morgan fingerprint density at radius 3 is 2.75 bits per heavy atom. The first kappa shape index (κ1) is 9.13. The lowest BCUT2D eigenvalue weighted by Gasteiger charge is -2.03. The third kappa shape index (κ3) is 1.61. The van der Waals surface area contributed by atoms with E-state index in [0.29, 0.717) is 9.32 Å². The van der Waals surface area contributed by atoms with Crippen molar-refractivity contribution in [1.29, 1.82) is 5.26 Å². The second kappa shape index (κ2) is 3.63. The Morgan fingerprint density at radius 2 is 2.25 bits per heavy atom. The van der Waals surface area contributed by atoms with Gasteiger partial charge in [0.2, 0.25) is 0 Å². The zero-order valence-electron chi connectivity index (χ0n) is 6.34. The molecule has 3 nitrogen and oxygen atoms in total. The number of halogens is 1. The fraction of sp³-hybridized carbons (Fsp3) is 0.125.